The predicted molar refractivity (Wildman–Crippen MR) is 42.3 cm³/mol. The fourth-order valence-electron chi connectivity index (χ4n) is 1.82. The molecule has 0 bridgehead atoms. The van der Waals surface area contributed by atoms with Crippen molar-refractivity contribution < 1.29 is 9.84 Å². The van der Waals surface area contributed by atoms with E-state index in [9.17, 15) is 5.11 Å². The largest absolute Gasteiger partial charge is 0.389 e. The highest BCUT2D eigenvalue weighted by atomic mass is 16.5. The van der Waals surface area contributed by atoms with Crippen molar-refractivity contribution in [3.63, 3.8) is 0 Å². The van der Waals surface area contributed by atoms with Crippen molar-refractivity contribution in [2.45, 2.75) is 37.9 Å². The van der Waals surface area contributed by atoms with Crippen LogP contribution in [0.5, 0.6) is 0 Å². The van der Waals surface area contributed by atoms with Gasteiger partial charge in [-0.3, -0.25) is 0 Å². The van der Waals surface area contributed by atoms with Crippen molar-refractivity contribution in [1.82, 2.24) is 0 Å². The lowest BCUT2D eigenvalue weighted by Gasteiger charge is -2.20. The van der Waals surface area contributed by atoms with Gasteiger partial charge in [0.2, 0.25) is 0 Å². The quantitative estimate of drug-likeness (QED) is 0.662. The molecule has 1 N–H and O–H groups in total. The van der Waals surface area contributed by atoms with Gasteiger partial charge in [0, 0.05) is 6.61 Å². The molecule has 3 nitrogen and oxygen atoms in total. The summed E-state index contributed by atoms with van der Waals surface area (Å²) in [7, 11) is 0. The van der Waals surface area contributed by atoms with Crippen LogP contribution in [0, 0.1) is 16.7 Å². The van der Waals surface area contributed by atoms with E-state index in [0.29, 0.717) is 0 Å². The Kier molecular flexibility index (Phi) is 1.82. The average Bonchev–Trinajstić information content (AvgIpc) is 2.71. The number of aliphatic hydroxyl groups is 1. The maximum absolute atomic E-state index is 9.79. The van der Waals surface area contributed by atoms with Crippen molar-refractivity contribution in [3.8, 4) is 6.07 Å². The highest BCUT2D eigenvalue weighted by molar-refractivity contribution is 5.15. The van der Waals surface area contributed by atoms with E-state index in [2.05, 4.69) is 6.07 Å². The fraction of sp³-hybridized carbons (Fsp3) is 0.889. The van der Waals surface area contributed by atoms with Gasteiger partial charge in [0.05, 0.1) is 23.7 Å². The first-order valence-electron chi connectivity index (χ1n) is 4.49. The Morgan fingerprint density at radius 1 is 1.58 bits per heavy atom. The molecule has 2 fully saturated rings. The second-order valence-electron chi connectivity index (χ2n) is 3.76. The molecule has 12 heavy (non-hydrogen) atoms. The molecule has 2 rings (SSSR count). The lowest BCUT2D eigenvalue weighted by molar-refractivity contribution is -0.0269. The standard InChI is InChI=1S/C9H13NO2/c10-6-9(3-4-9)8(11)7-2-1-5-12-7/h7-8,11H,1-5H2. The van der Waals surface area contributed by atoms with E-state index < -0.39 is 11.5 Å². The number of nitrogens with zero attached hydrogens (tertiary/aromatic N) is 1. The lowest BCUT2D eigenvalue weighted by Crippen LogP contribution is -2.33. The Labute approximate surface area is 71.9 Å². The summed E-state index contributed by atoms with van der Waals surface area (Å²) >= 11 is 0. The van der Waals surface area contributed by atoms with Gasteiger partial charge in [-0.25, -0.2) is 0 Å². The first-order chi connectivity index (χ1) is 5.78. The minimum Gasteiger partial charge on any atom is -0.389 e. The number of ether oxygens (including phenoxy) is 1. The molecule has 0 radical (unpaired) electrons. The van der Waals surface area contributed by atoms with Crippen molar-refractivity contribution in [2.24, 2.45) is 5.41 Å². The Morgan fingerprint density at radius 2 is 2.33 bits per heavy atom. The van der Waals surface area contributed by atoms with Gasteiger partial charge in [-0.2, -0.15) is 5.26 Å². The average molecular weight is 167 g/mol. The molecule has 1 saturated heterocycles. The van der Waals surface area contributed by atoms with Gasteiger partial charge in [-0.1, -0.05) is 0 Å². The van der Waals surface area contributed by atoms with Crippen molar-refractivity contribution in [1.29, 1.82) is 5.26 Å². The van der Waals surface area contributed by atoms with E-state index in [1.54, 1.807) is 0 Å². The molecule has 1 aliphatic heterocycles. The van der Waals surface area contributed by atoms with Crippen LogP contribution in [-0.4, -0.2) is 23.9 Å². The zero-order valence-electron chi connectivity index (χ0n) is 6.99. The Balaban J connectivity index is 2.00. The summed E-state index contributed by atoms with van der Waals surface area (Å²) in [5, 5.41) is 18.6. The number of rotatable bonds is 2. The van der Waals surface area contributed by atoms with E-state index in [1.165, 1.54) is 0 Å². The van der Waals surface area contributed by atoms with Gasteiger partial charge in [0.25, 0.3) is 0 Å². The summed E-state index contributed by atoms with van der Waals surface area (Å²) < 4.78 is 5.34. The van der Waals surface area contributed by atoms with Crippen LogP contribution in [0.1, 0.15) is 25.7 Å². The van der Waals surface area contributed by atoms with Crippen LogP contribution < -0.4 is 0 Å². The van der Waals surface area contributed by atoms with Gasteiger partial charge in [-0.15, -0.1) is 0 Å². The van der Waals surface area contributed by atoms with Gasteiger partial charge in [0.1, 0.15) is 0 Å². The number of hydrogen-bond acceptors (Lipinski definition) is 3. The topological polar surface area (TPSA) is 53.2 Å². The number of nitriles is 1. The molecule has 1 saturated carbocycles. The van der Waals surface area contributed by atoms with E-state index in [-0.39, 0.29) is 6.10 Å². The molecule has 2 atom stereocenters. The highest BCUT2D eigenvalue weighted by Gasteiger charge is 2.53. The van der Waals surface area contributed by atoms with Crippen molar-refractivity contribution in [3.05, 3.63) is 0 Å². The molecular formula is C9H13NO2. The lowest BCUT2D eigenvalue weighted by atomic mass is 9.95. The molecule has 0 aromatic carbocycles. The third kappa shape index (κ3) is 1.12. The molecule has 0 aromatic heterocycles. The maximum Gasteiger partial charge on any atom is 0.0987 e. The summed E-state index contributed by atoms with van der Waals surface area (Å²) in [6.07, 6.45) is 2.97. The first-order valence-corrected chi connectivity index (χ1v) is 4.49. The molecule has 1 aliphatic carbocycles. The van der Waals surface area contributed by atoms with Crippen LogP contribution in [-0.2, 0) is 4.74 Å². The monoisotopic (exact) mass is 167 g/mol. The molecule has 3 heteroatoms. The molecule has 0 aromatic rings. The molecule has 66 valence electrons. The third-order valence-electron chi connectivity index (χ3n) is 2.89. The predicted octanol–water partition coefficient (Wildman–Crippen LogP) is 0.830. The summed E-state index contributed by atoms with van der Waals surface area (Å²) in [5.74, 6) is 0. The van der Waals surface area contributed by atoms with E-state index in [0.717, 1.165) is 32.3 Å². The van der Waals surface area contributed by atoms with E-state index in [1.807, 2.05) is 0 Å². The summed E-state index contributed by atoms with van der Waals surface area (Å²) in [4.78, 5) is 0. The summed E-state index contributed by atoms with van der Waals surface area (Å²) in [5.41, 5.74) is -0.449. The number of aliphatic hydroxyl groups excluding tert-OH is 1. The Bertz CT molecular complexity index is 211. The molecule has 1 heterocycles. The minimum atomic E-state index is -0.551. The normalized spacial score (nSPS) is 34.2. The second kappa shape index (κ2) is 2.72. The summed E-state index contributed by atoms with van der Waals surface area (Å²) in [6, 6.07) is 2.20. The fourth-order valence-corrected chi connectivity index (χ4v) is 1.82. The van der Waals surface area contributed by atoms with Gasteiger partial charge < -0.3 is 9.84 Å². The summed E-state index contributed by atoms with van der Waals surface area (Å²) in [6.45, 7) is 0.739. The molecule has 0 spiro atoms. The van der Waals surface area contributed by atoms with Crippen molar-refractivity contribution in [2.75, 3.05) is 6.61 Å². The van der Waals surface area contributed by atoms with Crippen LogP contribution in [0.4, 0.5) is 0 Å². The molecule has 2 aliphatic rings. The van der Waals surface area contributed by atoms with Crippen molar-refractivity contribution >= 4 is 0 Å². The first kappa shape index (κ1) is 8.03. The third-order valence-corrected chi connectivity index (χ3v) is 2.89. The highest BCUT2D eigenvalue weighted by Crippen LogP contribution is 2.50. The second-order valence-corrected chi connectivity index (χ2v) is 3.76. The maximum atomic E-state index is 9.79. The smallest absolute Gasteiger partial charge is 0.0987 e. The van der Waals surface area contributed by atoms with E-state index in [4.69, 9.17) is 10.00 Å². The zero-order valence-corrected chi connectivity index (χ0v) is 6.99. The van der Waals surface area contributed by atoms with Crippen LogP contribution in [0.25, 0.3) is 0 Å². The Morgan fingerprint density at radius 3 is 2.75 bits per heavy atom. The molecule has 2 unspecified atom stereocenters. The zero-order chi connectivity index (χ0) is 8.60. The van der Waals surface area contributed by atoms with Gasteiger partial charge in [0.15, 0.2) is 0 Å². The van der Waals surface area contributed by atoms with Crippen LogP contribution in [0.3, 0.4) is 0 Å². The van der Waals surface area contributed by atoms with E-state index >= 15 is 0 Å². The van der Waals surface area contributed by atoms with Gasteiger partial charge in [-0.05, 0) is 25.7 Å². The van der Waals surface area contributed by atoms with Crippen LogP contribution in [0.2, 0.25) is 0 Å². The minimum absolute atomic E-state index is 0.0767. The SMILES string of the molecule is N#CC1(C(O)C2CCCO2)CC1. The molecular weight excluding hydrogens is 154 g/mol. The van der Waals surface area contributed by atoms with Crippen LogP contribution in [0.15, 0.2) is 0 Å². The van der Waals surface area contributed by atoms with Gasteiger partial charge >= 0.3 is 0 Å². The molecule has 0 amide bonds. The Hall–Kier alpha value is -0.590. The number of hydrogen-bond donors (Lipinski definition) is 1. The van der Waals surface area contributed by atoms with Crippen LogP contribution >= 0.6 is 0 Å².